The summed E-state index contributed by atoms with van der Waals surface area (Å²) < 4.78 is 19.5. The minimum atomic E-state index is -1.26. The number of aliphatic hydroxyl groups is 5. The van der Waals surface area contributed by atoms with Crippen LogP contribution in [0.2, 0.25) is 0 Å². The third kappa shape index (κ3) is 4.44. The highest BCUT2D eigenvalue weighted by Gasteiger charge is 2.84. The number of nitrogens with zero attached hydrogens (tertiary/aromatic N) is 1. The first kappa shape index (κ1) is 34.1. The summed E-state index contributed by atoms with van der Waals surface area (Å²) >= 11 is 0. The van der Waals surface area contributed by atoms with E-state index < -0.39 is 23.9 Å². The molecule has 0 aromatic rings. The van der Waals surface area contributed by atoms with E-state index in [4.69, 9.17) is 14.2 Å². The largest absolute Gasteiger partial charge is 0.395 e. The van der Waals surface area contributed by atoms with Crippen LogP contribution in [0, 0.1) is 50.7 Å². The van der Waals surface area contributed by atoms with Crippen LogP contribution in [0.25, 0.3) is 0 Å². The quantitative estimate of drug-likeness (QED) is 0.282. The fourth-order valence-corrected chi connectivity index (χ4v) is 13.7. The van der Waals surface area contributed by atoms with E-state index in [0.717, 1.165) is 32.1 Å². The zero-order valence-corrected chi connectivity index (χ0v) is 29.5. The Balaban J connectivity index is 1.11. The van der Waals surface area contributed by atoms with Crippen LogP contribution >= 0.6 is 0 Å². The number of rotatable bonds is 7. The van der Waals surface area contributed by atoms with Crippen molar-refractivity contribution < 1.29 is 39.7 Å². The highest BCUT2D eigenvalue weighted by atomic mass is 16.7. The van der Waals surface area contributed by atoms with Crippen molar-refractivity contribution in [3.05, 3.63) is 0 Å². The lowest BCUT2D eigenvalue weighted by Crippen LogP contribution is -2.60. The predicted molar refractivity (Wildman–Crippen MR) is 173 cm³/mol. The van der Waals surface area contributed by atoms with Crippen molar-refractivity contribution in [2.75, 3.05) is 32.9 Å². The lowest BCUT2D eigenvalue weighted by atomic mass is 9.41. The fourth-order valence-electron chi connectivity index (χ4n) is 13.7. The Labute approximate surface area is 276 Å². The van der Waals surface area contributed by atoms with Crippen LogP contribution < -0.4 is 0 Å². The summed E-state index contributed by atoms with van der Waals surface area (Å²) in [5.74, 6) is 1.50. The predicted octanol–water partition coefficient (Wildman–Crippen LogP) is 3.33. The summed E-state index contributed by atoms with van der Waals surface area (Å²) in [5.41, 5.74) is -1.08. The Morgan fingerprint density at radius 3 is 2.33 bits per heavy atom. The normalized spacial score (nSPS) is 52.2. The third-order valence-corrected chi connectivity index (χ3v) is 16.2. The molecule has 5 saturated carbocycles. The Morgan fingerprint density at radius 1 is 0.978 bits per heavy atom. The van der Waals surface area contributed by atoms with Crippen molar-refractivity contribution in [2.24, 2.45) is 50.7 Å². The molecule has 7 fully saturated rings. The second kappa shape index (κ2) is 11.1. The molecule has 7 rings (SSSR count). The average Bonchev–Trinajstić information content (AvgIpc) is 3.63. The molecule has 0 aromatic heterocycles. The van der Waals surface area contributed by atoms with Crippen LogP contribution in [-0.2, 0) is 14.2 Å². The van der Waals surface area contributed by atoms with Gasteiger partial charge in [0.05, 0.1) is 62.4 Å². The first-order valence-electron chi connectivity index (χ1n) is 18.5. The minimum absolute atomic E-state index is 0.0201. The van der Waals surface area contributed by atoms with Gasteiger partial charge in [-0.1, -0.05) is 34.6 Å². The van der Waals surface area contributed by atoms with Gasteiger partial charge in [0.15, 0.2) is 6.29 Å². The van der Waals surface area contributed by atoms with Gasteiger partial charge in [0.1, 0.15) is 6.10 Å². The van der Waals surface area contributed by atoms with Gasteiger partial charge in [-0.15, -0.1) is 0 Å². The molecule has 0 radical (unpaired) electrons. The van der Waals surface area contributed by atoms with Gasteiger partial charge in [-0.2, -0.15) is 0 Å². The standard InChI is InChI=1S/C37H63NO8/c1-21-16-23(30(41)33(4,5)43)45-29-28(21)34(6)12-13-37-20-36(37)11-10-26(46-27-17-38(14-15-44-27)22(18-39)19-40)32(2,3)24(36)8-9-25(37)35(34,7)31(29)42/h21-31,39-43H,8-20H2,1-7H3/t21-,23?,24+,25?,26?,27+,28+,29?,30+,31+,34-,35-,36-,37+/m1/s1. The molecule has 14 atom stereocenters. The lowest BCUT2D eigenvalue weighted by Gasteiger charge is -2.64. The number of hydrogen-bond acceptors (Lipinski definition) is 9. The second-order valence-electron chi connectivity index (χ2n) is 18.6. The third-order valence-electron chi connectivity index (χ3n) is 16.2. The molecule has 5 N–H and O–H groups in total. The summed E-state index contributed by atoms with van der Waals surface area (Å²) in [6.07, 6.45) is 5.99. The highest BCUT2D eigenvalue weighted by Crippen LogP contribution is 2.89. The summed E-state index contributed by atoms with van der Waals surface area (Å²) in [5, 5.41) is 53.5. The maximum absolute atomic E-state index is 12.4. The minimum Gasteiger partial charge on any atom is -0.395 e. The van der Waals surface area contributed by atoms with E-state index in [1.165, 1.54) is 12.8 Å². The van der Waals surface area contributed by atoms with Gasteiger partial charge >= 0.3 is 0 Å². The van der Waals surface area contributed by atoms with Crippen LogP contribution in [0.4, 0.5) is 0 Å². The van der Waals surface area contributed by atoms with E-state index in [0.29, 0.717) is 38.0 Å². The molecule has 0 amide bonds. The summed E-state index contributed by atoms with van der Waals surface area (Å²) in [7, 11) is 0. The van der Waals surface area contributed by atoms with Crippen LogP contribution in [-0.4, -0.2) is 112 Å². The van der Waals surface area contributed by atoms with Crippen molar-refractivity contribution in [3.63, 3.8) is 0 Å². The molecule has 0 aromatic carbocycles. The first-order valence-corrected chi connectivity index (χ1v) is 18.5. The number of fused-ring (bicyclic) bond motifs is 4. The Kier molecular flexibility index (Phi) is 8.21. The van der Waals surface area contributed by atoms with Gasteiger partial charge in [0.2, 0.25) is 0 Å². The smallest absolute Gasteiger partial charge is 0.170 e. The number of morpholine rings is 1. The van der Waals surface area contributed by atoms with Crippen molar-refractivity contribution in [1.29, 1.82) is 0 Å². The zero-order valence-electron chi connectivity index (χ0n) is 29.5. The molecular weight excluding hydrogens is 586 g/mol. The number of ether oxygens (including phenoxy) is 3. The van der Waals surface area contributed by atoms with Crippen LogP contribution in [0.3, 0.4) is 0 Å². The average molecular weight is 650 g/mol. The molecule has 5 aliphatic carbocycles. The van der Waals surface area contributed by atoms with E-state index in [1.54, 1.807) is 13.8 Å². The number of aliphatic hydroxyl groups excluding tert-OH is 4. The summed E-state index contributed by atoms with van der Waals surface area (Å²) in [6.45, 7) is 16.9. The van der Waals surface area contributed by atoms with Crippen molar-refractivity contribution >= 4 is 0 Å². The second-order valence-corrected chi connectivity index (χ2v) is 18.6. The monoisotopic (exact) mass is 649 g/mol. The fraction of sp³-hybridized carbons (Fsp3) is 1.00. The molecule has 2 saturated heterocycles. The lowest BCUT2D eigenvalue weighted by molar-refractivity contribution is -0.252. The highest BCUT2D eigenvalue weighted by molar-refractivity contribution is 5.33. The maximum atomic E-state index is 12.4. The van der Waals surface area contributed by atoms with Gasteiger partial charge in [0.25, 0.3) is 0 Å². The molecule has 4 unspecified atom stereocenters. The van der Waals surface area contributed by atoms with E-state index in [9.17, 15) is 25.5 Å². The summed E-state index contributed by atoms with van der Waals surface area (Å²) in [4.78, 5) is 2.09. The molecule has 0 bridgehead atoms. The molecule has 9 heteroatoms. The van der Waals surface area contributed by atoms with Gasteiger partial charge in [0, 0.05) is 12.0 Å². The molecule has 2 aliphatic heterocycles. The van der Waals surface area contributed by atoms with Crippen molar-refractivity contribution in [2.45, 2.75) is 148 Å². The van der Waals surface area contributed by atoms with Gasteiger partial charge < -0.3 is 39.7 Å². The Hall–Kier alpha value is -0.360. The van der Waals surface area contributed by atoms with Gasteiger partial charge in [-0.3, -0.25) is 4.90 Å². The van der Waals surface area contributed by atoms with Gasteiger partial charge in [-0.25, -0.2) is 0 Å². The van der Waals surface area contributed by atoms with Crippen molar-refractivity contribution in [1.82, 2.24) is 4.90 Å². The molecule has 2 spiro atoms. The van der Waals surface area contributed by atoms with E-state index >= 15 is 0 Å². The molecular formula is C37H63NO8. The summed E-state index contributed by atoms with van der Waals surface area (Å²) in [6, 6.07) is -0.279. The molecule has 7 aliphatic rings. The van der Waals surface area contributed by atoms with E-state index in [2.05, 4.69) is 39.5 Å². The SMILES string of the molecule is C[C@@H]1CC([C@H](O)C(C)(C)O)OC2[C@H]1[C@@]1(C)CC[C@@]34C[C@@]35CCC(O[C@H]3CN(C(CO)CO)CCO3)C(C)(C)[C@@H]5CCC4[C@]1(C)[C@H]2O. The first-order chi connectivity index (χ1) is 21.5. The molecule has 46 heavy (non-hydrogen) atoms. The van der Waals surface area contributed by atoms with Crippen molar-refractivity contribution in [3.8, 4) is 0 Å². The molecule has 9 nitrogen and oxygen atoms in total. The van der Waals surface area contributed by atoms with Crippen LogP contribution in [0.5, 0.6) is 0 Å². The molecule has 2 heterocycles. The number of hydrogen-bond donors (Lipinski definition) is 5. The van der Waals surface area contributed by atoms with Crippen LogP contribution in [0.1, 0.15) is 99.8 Å². The van der Waals surface area contributed by atoms with Crippen LogP contribution in [0.15, 0.2) is 0 Å². The Morgan fingerprint density at radius 2 is 1.65 bits per heavy atom. The maximum Gasteiger partial charge on any atom is 0.170 e. The topological polar surface area (TPSA) is 132 Å². The van der Waals surface area contributed by atoms with Gasteiger partial charge in [-0.05, 0) is 111 Å². The Bertz CT molecular complexity index is 1160. The zero-order chi connectivity index (χ0) is 33.2. The van der Waals surface area contributed by atoms with E-state index in [-0.39, 0.29) is 76.7 Å². The van der Waals surface area contributed by atoms with E-state index in [1.807, 2.05) is 0 Å². The molecule has 264 valence electrons.